The predicted molar refractivity (Wildman–Crippen MR) is 139 cm³/mol. The molecule has 0 radical (unpaired) electrons. The van der Waals surface area contributed by atoms with Crippen LogP contribution >= 0.6 is 0 Å². The molecule has 4 N–H and O–H groups in total. The summed E-state index contributed by atoms with van der Waals surface area (Å²) < 4.78 is 12.7. The van der Waals surface area contributed by atoms with Crippen molar-refractivity contribution in [2.75, 3.05) is 13.1 Å². The number of hydroxylamine groups is 1. The van der Waals surface area contributed by atoms with E-state index >= 15 is 0 Å². The number of carboxylic acid groups (broad SMARTS) is 1. The van der Waals surface area contributed by atoms with Crippen LogP contribution in [0.4, 0.5) is 4.79 Å². The van der Waals surface area contributed by atoms with Crippen LogP contribution in [0, 0.1) is 5.41 Å². The Bertz CT molecular complexity index is 1310. The number of benzene rings is 2. The van der Waals surface area contributed by atoms with Crippen molar-refractivity contribution in [2.24, 2.45) is 0 Å². The summed E-state index contributed by atoms with van der Waals surface area (Å²) in [5.41, 5.74) is 1.50. The van der Waals surface area contributed by atoms with E-state index in [4.69, 9.17) is 14.9 Å². The second kappa shape index (κ2) is 10.9. The molecule has 0 bridgehead atoms. The summed E-state index contributed by atoms with van der Waals surface area (Å²) in [6, 6.07) is 15.6. The van der Waals surface area contributed by atoms with Gasteiger partial charge in [-0.2, -0.15) is 5.10 Å². The molecule has 1 aromatic heterocycles. The zero-order valence-corrected chi connectivity index (χ0v) is 21.5. The van der Waals surface area contributed by atoms with Crippen LogP contribution in [0.3, 0.4) is 0 Å². The van der Waals surface area contributed by atoms with Gasteiger partial charge in [-0.25, -0.2) is 9.59 Å². The molecule has 1 fully saturated rings. The van der Waals surface area contributed by atoms with Crippen molar-refractivity contribution >= 4 is 17.9 Å². The molecule has 11 nitrogen and oxygen atoms in total. The van der Waals surface area contributed by atoms with E-state index in [9.17, 15) is 19.9 Å². The van der Waals surface area contributed by atoms with Gasteiger partial charge < -0.3 is 19.5 Å². The molecule has 3 aromatic rings. The first-order valence-electron chi connectivity index (χ1n) is 12.2. The summed E-state index contributed by atoms with van der Waals surface area (Å²) >= 11 is 0. The number of para-hydroxylation sites is 1. The van der Waals surface area contributed by atoms with Gasteiger partial charge in [0.25, 0.3) is 0 Å². The van der Waals surface area contributed by atoms with E-state index in [1.54, 1.807) is 50.5 Å². The Labute approximate surface area is 220 Å². The average Bonchev–Trinajstić information content (AvgIpc) is 3.29. The topological polar surface area (TPSA) is 150 Å². The van der Waals surface area contributed by atoms with Gasteiger partial charge in [0.1, 0.15) is 22.8 Å². The van der Waals surface area contributed by atoms with Crippen LogP contribution in [0.1, 0.15) is 55.7 Å². The van der Waals surface area contributed by atoms with Gasteiger partial charge in [0.05, 0.1) is 11.6 Å². The minimum Gasteiger partial charge on any atom is -0.477 e. The Morgan fingerprint density at radius 2 is 1.74 bits per heavy atom. The molecule has 2 aromatic carbocycles. The van der Waals surface area contributed by atoms with Crippen molar-refractivity contribution in [1.29, 1.82) is 5.41 Å². The maximum atomic E-state index is 12.7. The van der Waals surface area contributed by atoms with Gasteiger partial charge in [-0.1, -0.05) is 18.2 Å². The van der Waals surface area contributed by atoms with Crippen LogP contribution in [0.25, 0.3) is 11.3 Å². The van der Waals surface area contributed by atoms with Crippen molar-refractivity contribution < 1.29 is 29.4 Å². The van der Waals surface area contributed by atoms with E-state index in [1.165, 1.54) is 9.58 Å². The first-order valence-corrected chi connectivity index (χ1v) is 12.2. The summed E-state index contributed by atoms with van der Waals surface area (Å²) in [6.07, 6.45) is 0.712. The zero-order valence-electron chi connectivity index (χ0n) is 21.5. The summed E-state index contributed by atoms with van der Waals surface area (Å²) in [6.45, 7) is 6.02. The number of carbonyl (C=O) groups excluding carboxylic acids is 1. The van der Waals surface area contributed by atoms with Crippen LogP contribution < -0.4 is 10.2 Å². The molecule has 38 heavy (non-hydrogen) atoms. The van der Waals surface area contributed by atoms with Gasteiger partial charge in [0.15, 0.2) is 11.5 Å². The number of aromatic carboxylic acids is 1. The van der Waals surface area contributed by atoms with Crippen LogP contribution in [-0.2, 0) is 4.74 Å². The van der Waals surface area contributed by atoms with Crippen molar-refractivity contribution in [1.82, 2.24) is 20.2 Å². The molecule has 0 saturated carbocycles. The van der Waals surface area contributed by atoms with Gasteiger partial charge in [-0.3, -0.25) is 20.8 Å². The SMILES string of the molecule is CC(C)(C)OC(=O)N1CCCC(n2nc(-c3ccc(Oc4ccccc4)cc3)c(C(=N)NO)c2C(=O)O)C1. The normalized spacial score (nSPS) is 15.6. The molecule has 1 unspecified atom stereocenters. The molecule has 4 rings (SSSR count). The van der Waals surface area contributed by atoms with E-state index in [0.29, 0.717) is 36.4 Å². The third-order valence-corrected chi connectivity index (χ3v) is 5.98. The highest BCUT2D eigenvalue weighted by atomic mass is 16.6. The number of nitrogens with one attached hydrogen (secondary N) is 2. The standard InChI is InChI=1S/C27H31N5O6/c1-27(2,3)38-26(35)31-15-7-8-18(16-31)32-23(25(33)34)21(24(28)30-36)22(29-32)17-11-13-20(14-12-17)37-19-9-5-4-6-10-19/h4-6,9-14,18,36H,7-8,15-16H2,1-3H3,(H2,28,30)(H,33,34). The van der Waals surface area contributed by atoms with E-state index in [2.05, 4.69) is 5.10 Å². The number of hydrogen-bond donors (Lipinski definition) is 4. The number of aromatic nitrogens is 2. The first-order chi connectivity index (χ1) is 18.1. The number of carbonyl (C=O) groups is 2. The van der Waals surface area contributed by atoms with Crippen molar-refractivity contribution in [3.63, 3.8) is 0 Å². The second-order valence-electron chi connectivity index (χ2n) is 9.97. The minimum absolute atomic E-state index is 0.0638. The molecule has 1 atom stereocenters. The number of amides is 1. The molecule has 2 heterocycles. The van der Waals surface area contributed by atoms with Gasteiger partial charge in [-0.05, 0) is 70.0 Å². The van der Waals surface area contributed by atoms with Crippen LogP contribution in [-0.4, -0.2) is 61.6 Å². The van der Waals surface area contributed by atoms with Gasteiger partial charge in [0.2, 0.25) is 0 Å². The van der Waals surface area contributed by atoms with E-state index in [0.717, 1.165) is 0 Å². The van der Waals surface area contributed by atoms with E-state index in [1.807, 2.05) is 30.3 Å². The molecule has 0 spiro atoms. The fourth-order valence-electron chi connectivity index (χ4n) is 4.35. The maximum absolute atomic E-state index is 12.7. The molecule has 200 valence electrons. The number of carboxylic acids is 1. The molecule has 1 aliphatic rings. The summed E-state index contributed by atoms with van der Waals surface area (Å²) in [7, 11) is 0. The van der Waals surface area contributed by atoms with Crippen molar-refractivity contribution in [3.05, 3.63) is 65.9 Å². The Balaban J connectivity index is 1.69. The third-order valence-electron chi connectivity index (χ3n) is 5.98. The number of hydrogen-bond acceptors (Lipinski definition) is 7. The van der Waals surface area contributed by atoms with Crippen LogP contribution in [0.15, 0.2) is 54.6 Å². The molecule has 11 heteroatoms. The molecule has 1 saturated heterocycles. The quantitative estimate of drug-likeness (QED) is 0.203. The fraction of sp³-hybridized carbons (Fsp3) is 0.333. The van der Waals surface area contributed by atoms with Gasteiger partial charge >= 0.3 is 12.1 Å². The average molecular weight is 522 g/mol. The first kappa shape index (κ1) is 26.7. The molecular weight excluding hydrogens is 490 g/mol. The molecule has 0 aliphatic carbocycles. The van der Waals surface area contributed by atoms with Crippen molar-refractivity contribution in [3.8, 4) is 22.8 Å². The number of ether oxygens (including phenoxy) is 2. The Hall–Kier alpha value is -4.38. The predicted octanol–water partition coefficient (Wildman–Crippen LogP) is 4.92. The summed E-state index contributed by atoms with van der Waals surface area (Å²) in [5.74, 6) is -0.586. The summed E-state index contributed by atoms with van der Waals surface area (Å²) in [5, 5.41) is 32.5. The van der Waals surface area contributed by atoms with Crippen molar-refractivity contribution in [2.45, 2.75) is 45.3 Å². The number of likely N-dealkylation sites (tertiary alicyclic amines) is 1. The molecular formula is C27H31N5O6. The number of piperidine rings is 1. The highest BCUT2D eigenvalue weighted by Crippen LogP contribution is 2.33. The molecule has 1 aliphatic heterocycles. The van der Waals surface area contributed by atoms with E-state index in [-0.39, 0.29) is 23.5 Å². The second-order valence-corrected chi connectivity index (χ2v) is 9.97. The Morgan fingerprint density at radius 1 is 1.08 bits per heavy atom. The molecule has 1 amide bonds. The lowest BCUT2D eigenvalue weighted by Crippen LogP contribution is -2.44. The van der Waals surface area contributed by atoms with Crippen LogP contribution in [0.5, 0.6) is 11.5 Å². The Kier molecular flexibility index (Phi) is 7.67. The monoisotopic (exact) mass is 521 g/mol. The number of nitrogens with zero attached hydrogens (tertiary/aromatic N) is 3. The maximum Gasteiger partial charge on any atom is 0.410 e. The number of rotatable bonds is 6. The lowest BCUT2D eigenvalue weighted by atomic mass is 10.0. The lowest BCUT2D eigenvalue weighted by Gasteiger charge is -2.34. The third kappa shape index (κ3) is 5.94. The highest BCUT2D eigenvalue weighted by Gasteiger charge is 2.34. The lowest BCUT2D eigenvalue weighted by molar-refractivity contribution is 0.0166. The largest absolute Gasteiger partial charge is 0.477 e. The highest BCUT2D eigenvalue weighted by molar-refractivity contribution is 6.09. The fourth-order valence-corrected chi connectivity index (χ4v) is 4.35. The Morgan fingerprint density at radius 3 is 2.34 bits per heavy atom. The summed E-state index contributed by atoms with van der Waals surface area (Å²) in [4.78, 5) is 26.6. The minimum atomic E-state index is -1.31. The van der Waals surface area contributed by atoms with Crippen LogP contribution in [0.2, 0.25) is 0 Å². The van der Waals surface area contributed by atoms with E-state index < -0.39 is 29.5 Å². The van der Waals surface area contributed by atoms with Gasteiger partial charge in [-0.15, -0.1) is 0 Å². The number of amidine groups is 1. The van der Waals surface area contributed by atoms with Gasteiger partial charge in [0, 0.05) is 18.7 Å². The zero-order chi connectivity index (χ0) is 27.4. The smallest absolute Gasteiger partial charge is 0.410 e.